The summed E-state index contributed by atoms with van der Waals surface area (Å²) in [6.07, 6.45) is -11.1. The van der Waals surface area contributed by atoms with Crippen LogP contribution < -0.4 is 11.1 Å². The molecule has 2 aromatic rings. The maximum Gasteiger partial charge on any atom is 0.426 e. The molecule has 0 radical (unpaired) electrons. The van der Waals surface area contributed by atoms with Gasteiger partial charge in [-0.2, -0.15) is 26.3 Å². The van der Waals surface area contributed by atoms with Crippen molar-refractivity contribution in [1.29, 1.82) is 0 Å². The first-order chi connectivity index (χ1) is 14.1. The van der Waals surface area contributed by atoms with Gasteiger partial charge in [0.25, 0.3) is 11.8 Å². The van der Waals surface area contributed by atoms with Gasteiger partial charge in [-0.1, -0.05) is 0 Å². The number of ether oxygens (including phenoxy) is 1. The van der Waals surface area contributed by atoms with Gasteiger partial charge in [0.2, 0.25) is 5.60 Å². The lowest BCUT2D eigenvalue weighted by Crippen LogP contribution is -2.43. The molecule has 2 aromatic heterocycles. The van der Waals surface area contributed by atoms with Crippen LogP contribution in [0.15, 0.2) is 10.5 Å². The highest BCUT2D eigenvalue weighted by atomic mass is 19.4. The zero-order chi connectivity index (χ0) is 23.2. The molecule has 1 aliphatic rings. The van der Waals surface area contributed by atoms with Gasteiger partial charge in [0, 0.05) is 13.2 Å². The SMILES string of the molecule is CC1(C)CNc2nc(c(N)cc2C(F)(F)F)-c2nnc(o2)[C@@](O)(C(F)(F)F)CCCO1. The molecular weight excluding hydrogens is 436 g/mol. The summed E-state index contributed by atoms with van der Waals surface area (Å²) in [6, 6.07) is 0.560. The lowest BCUT2D eigenvalue weighted by Gasteiger charge is -2.29. The van der Waals surface area contributed by atoms with E-state index in [1.165, 1.54) is 13.8 Å². The van der Waals surface area contributed by atoms with Crippen LogP contribution in [0.1, 0.15) is 38.1 Å². The third-order valence-corrected chi connectivity index (χ3v) is 4.67. The maximum absolute atomic E-state index is 13.6. The molecule has 0 saturated carbocycles. The Morgan fingerprint density at radius 2 is 1.84 bits per heavy atom. The Morgan fingerprint density at radius 3 is 2.45 bits per heavy atom. The first kappa shape index (κ1) is 23.1. The summed E-state index contributed by atoms with van der Waals surface area (Å²) in [4.78, 5) is 3.78. The average molecular weight is 455 g/mol. The van der Waals surface area contributed by atoms with E-state index < -0.39 is 64.5 Å². The van der Waals surface area contributed by atoms with Gasteiger partial charge in [-0.15, -0.1) is 10.2 Å². The van der Waals surface area contributed by atoms with Crippen molar-refractivity contribution in [2.45, 2.75) is 50.2 Å². The van der Waals surface area contributed by atoms with Crippen LogP contribution in [-0.4, -0.2) is 45.2 Å². The third kappa shape index (κ3) is 4.54. The topological polar surface area (TPSA) is 119 Å². The quantitative estimate of drug-likeness (QED) is 0.517. The first-order valence-corrected chi connectivity index (χ1v) is 9.03. The maximum atomic E-state index is 13.6. The van der Waals surface area contributed by atoms with Crippen molar-refractivity contribution in [2.75, 3.05) is 24.2 Å². The molecule has 4 bridgehead atoms. The molecule has 0 aliphatic carbocycles. The van der Waals surface area contributed by atoms with Crippen molar-refractivity contribution >= 4 is 11.5 Å². The number of nitrogens with zero attached hydrogens (tertiary/aromatic N) is 3. The number of aliphatic hydroxyl groups is 1. The van der Waals surface area contributed by atoms with Crippen LogP contribution in [0.25, 0.3) is 11.6 Å². The van der Waals surface area contributed by atoms with Crippen molar-refractivity contribution in [1.82, 2.24) is 15.2 Å². The molecule has 31 heavy (non-hydrogen) atoms. The molecule has 1 aliphatic heterocycles. The van der Waals surface area contributed by atoms with Gasteiger partial charge in [0.05, 0.1) is 16.9 Å². The molecule has 0 saturated heterocycles. The molecule has 3 rings (SSSR count). The Balaban J connectivity index is 2.19. The molecule has 0 aromatic carbocycles. The van der Waals surface area contributed by atoms with Crippen LogP contribution in [0.5, 0.6) is 0 Å². The second-order valence-corrected chi connectivity index (χ2v) is 7.66. The highest BCUT2D eigenvalue weighted by molar-refractivity contribution is 5.71. The van der Waals surface area contributed by atoms with Crippen LogP contribution >= 0.6 is 0 Å². The Morgan fingerprint density at radius 1 is 1.16 bits per heavy atom. The van der Waals surface area contributed by atoms with Gasteiger partial charge < -0.3 is 25.3 Å². The summed E-state index contributed by atoms with van der Waals surface area (Å²) in [6.45, 7) is 2.69. The predicted octanol–water partition coefficient (Wildman–Crippen LogP) is 3.48. The summed E-state index contributed by atoms with van der Waals surface area (Å²) in [5, 5.41) is 19.5. The fraction of sp³-hybridized carbons (Fsp3) is 0.588. The molecule has 0 unspecified atom stereocenters. The minimum atomic E-state index is -5.17. The Hall–Kier alpha value is -2.61. The van der Waals surface area contributed by atoms with E-state index in [2.05, 4.69) is 20.5 Å². The molecule has 0 fully saturated rings. The standard InChI is InChI=1S/C17H19F6N5O3/c1-14(2)7-25-11-8(16(18,19)20)6-9(24)10(26-11)12-27-28-13(31-12)15(29,17(21,22)23)4-3-5-30-14/h6,29H,3-5,7,24H2,1-2H3,(H,25,26)/t15-/m1/s1. The number of hydrogen-bond acceptors (Lipinski definition) is 8. The number of rotatable bonds is 0. The Kier molecular flexibility index (Phi) is 5.59. The number of halogens is 6. The van der Waals surface area contributed by atoms with Crippen LogP contribution in [0, 0.1) is 0 Å². The van der Waals surface area contributed by atoms with E-state index in [-0.39, 0.29) is 19.6 Å². The largest absolute Gasteiger partial charge is 0.426 e. The molecule has 1 atom stereocenters. The minimum absolute atomic E-state index is 0.162. The van der Waals surface area contributed by atoms with Crippen LogP contribution in [0.4, 0.5) is 37.8 Å². The third-order valence-electron chi connectivity index (χ3n) is 4.67. The normalized spacial score (nSPS) is 22.5. The van der Waals surface area contributed by atoms with E-state index >= 15 is 0 Å². The molecular formula is C17H19F6N5O3. The van der Waals surface area contributed by atoms with Gasteiger partial charge in [-0.25, -0.2) is 4.98 Å². The number of nitrogen functional groups attached to an aromatic ring is 1. The lowest BCUT2D eigenvalue weighted by molar-refractivity contribution is -0.278. The first-order valence-electron chi connectivity index (χ1n) is 9.03. The summed E-state index contributed by atoms with van der Waals surface area (Å²) in [5.41, 5.74) is -1.12. The van der Waals surface area contributed by atoms with E-state index in [1.54, 1.807) is 0 Å². The van der Waals surface area contributed by atoms with Gasteiger partial charge >= 0.3 is 12.4 Å². The number of pyridine rings is 1. The van der Waals surface area contributed by atoms with E-state index in [9.17, 15) is 31.4 Å². The van der Waals surface area contributed by atoms with Crippen LogP contribution in [0.2, 0.25) is 0 Å². The van der Waals surface area contributed by atoms with Gasteiger partial charge in [-0.3, -0.25) is 0 Å². The molecule has 0 spiro atoms. The number of aromatic nitrogens is 3. The van der Waals surface area contributed by atoms with Crippen molar-refractivity contribution in [3.05, 3.63) is 17.5 Å². The molecule has 0 amide bonds. The van der Waals surface area contributed by atoms with E-state index in [4.69, 9.17) is 14.9 Å². The summed E-state index contributed by atoms with van der Waals surface area (Å²) in [7, 11) is 0. The number of nitrogens with one attached hydrogen (secondary N) is 1. The second-order valence-electron chi connectivity index (χ2n) is 7.66. The zero-order valence-corrected chi connectivity index (χ0v) is 16.4. The Labute approximate surface area is 171 Å². The molecule has 3 heterocycles. The van der Waals surface area contributed by atoms with Crippen molar-refractivity contribution in [3.8, 4) is 11.6 Å². The molecule has 8 nitrogen and oxygen atoms in total. The second kappa shape index (κ2) is 7.51. The Bertz CT molecular complexity index is 959. The van der Waals surface area contributed by atoms with Gasteiger partial charge in [0.15, 0.2) is 5.69 Å². The zero-order valence-electron chi connectivity index (χ0n) is 16.4. The van der Waals surface area contributed by atoms with E-state index in [0.717, 1.165) is 0 Å². The molecule has 14 heteroatoms. The molecule has 172 valence electrons. The highest BCUT2D eigenvalue weighted by Crippen LogP contribution is 2.43. The average Bonchev–Trinajstić information content (AvgIpc) is 3.12. The number of hydrogen-bond donors (Lipinski definition) is 3. The highest BCUT2D eigenvalue weighted by Gasteiger charge is 2.58. The van der Waals surface area contributed by atoms with E-state index in [1.807, 2.05) is 0 Å². The predicted molar refractivity (Wildman–Crippen MR) is 94.6 cm³/mol. The summed E-state index contributed by atoms with van der Waals surface area (Å²) >= 11 is 0. The minimum Gasteiger partial charge on any atom is -0.416 e. The van der Waals surface area contributed by atoms with Crippen molar-refractivity contribution in [2.24, 2.45) is 0 Å². The fourth-order valence-corrected chi connectivity index (χ4v) is 2.93. The van der Waals surface area contributed by atoms with Gasteiger partial charge in [0.1, 0.15) is 5.82 Å². The van der Waals surface area contributed by atoms with Gasteiger partial charge in [-0.05, 0) is 32.8 Å². The summed E-state index contributed by atoms with van der Waals surface area (Å²) < 4.78 is 91.7. The van der Waals surface area contributed by atoms with Crippen molar-refractivity contribution in [3.63, 3.8) is 0 Å². The monoisotopic (exact) mass is 455 g/mol. The fourth-order valence-electron chi connectivity index (χ4n) is 2.93. The number of anilines is 2. The van der Waals surface area contributed by atoms with Crippen LogP contribution in [-0.2, 0) is 16.5 Å². The lowest BCUT2D eigenvalue weighted by atomic mass is 9.97. The van der Waals surface area contributed by atoms with Crippen LogP contribution in [0.3, 0.4) is 0 Å². The van der Waals surface area contributed by atoms with E-state index in [0.29, 0.717) is 6.07 Å². The number of alkyl halides is 6. The number of nitrogens with two attached hydrogens (primary N) is 1. The smallest absolute Gasteiger partial charge is 0.416 e. The van der Waals surface area contributed by atoms with Crippen molar-refractivity contribution < 1.29 is 40.6 Å². The summed E-state index contributed by atoms with van der Waals surface area (Å²) in [5.74, 6) is -2.49. The molecule has 4 N–H and O–H groups in total. The number of fused-ring (bicyclic) bond motifs is 5.